The third kappa shape index (κ3) is 2.91. The molecule has 0 atom stereocenters. The largest absolute Gasteiger partial charge is 0.508 e. The molecule has 19 heavy (non-hydrogen) atoms. The topological polar surface area (TPSA) is 49.3 Å². The van der Waals surface area contributed by atoms with Crippen molar-refractivity contribution in [2.24, 2.45) is 0 Å². The molecule has 0 fully saturated rings. The Labute approximate surface area is 110 Å². The summed E-state index contributed by atoms with van der Waals surface area (Å²) in [5.41, 5.74) is 2.04. The summed E-state index contributed by atoms with van der Waals surface area (Å²) in [5.74, 6) is -0.784. The van der Waals surface area contributed by atoms with E-state index in [1.807, 2.05) is 6.92 Å². The normalized spacial score (nSPS) is 10.3. The van der Waals surface area contributed by atoms with Gasteiger partial charge in [-0.1, -0.05) is 6.07 Å². The predicted molar refractivity (Wildman–Crippen MR) is 71.9 cm³/mol. The van der Waals surface area contributed by atoms with E-state index in [-0.39, 0.29) is 11.4 Å². The standard InChI is InChI=1S/C15H14FNO2/c1-9-3-6-13(16)14(7-9)17-15(19)12-5-4-11(18)8-10(12)2/h3-8,18H,1-2H3,(H,17,19). The second kappa shape index (κ2) is 5.10. The molecule has 2 rings (SSSR count). The number of anilines is 1. The molecule has 0 aliphatic heterocycles. The third-order valence-corrected chi connectivity index (χ3v) is 2.82. The average Bonchev–Trinajstić information content (AvgIpc) is 2.33. The second-order valence-corrected chi connectivity index (χ2v) is 4.44. The molecule has 0 saturated carbocycles. The lowest BCUT2D eigenvalue weighted by molar-refractivity contribution is 0.102. The van der Waals surface area contributed by atoms with Gasteiger partial charge in [0, 0.05) is 5.56 Å². The summed E-state index contributed by atoms with van der Waals surface area (Å²) in [6.07, 6.45) is 0. The van der Waals surface area contributed by atoms with Crippen molar-refractivity contribution in [3.8, 4) is 5.75 Å². The van der Waals surface area contributed by atoms with Gasteiger partial charge in [0.1, 0.15) is 11.6 Å². The molecule has 4 heteroatoms. The third-order valence-electron chi connectivity index (χ3n) is 2.82. The van der Waals surface area contributed by atoms with Crippen molar-refractivity contribution in [2.75, 3.05) is 5.32 Å². The molecule has 0 aliphatic rings. The summed E-state index contributed by atoms with van der Waals surface area (Å²) in [4.78, 5) is 12.1. The van der Waals surface area contributed by atoms with Gasteiger partial charge < -0.3 is 10.4 Å². The van der Waals surface area contributed by atoms with Crippen LogP contribution in [0.1, 0.15) is 21.5 Å². The number of hydrogen-bond acceptors (Lipinski definition) is 2. The number of rotatable bonds is 2. The van der Waals surface area contributed by atoms with Gasteiger partial charge in [-0.15, -0.1) is 0 Å². The molecule has 3 nitrogen and oxygen atoms in total. The maximum atomic E-state index is 13.6. The molecule has 0 unspecified atom stereocenters. The summed E-state index contributed by atoms with van der Waals surface area (Å²) in [6, 6.07) is 8.94. The Kier molecular flexibility index (Phi) is 3.51. The number of phenolic OH excluding ortho intramolecular Hbond substituents is 1. The Morgan fingerprint density at radius 3 is 2.58 bits per heavy atom. The number of phenols is 1. The Morgan fingerprint density at radius 1 is 1.16 bits per heavy atom. The SMILES string of the molecule is Cc1ccc(F)c(NC(=O)c2ccc(O)cc2C)c1. The summed E-state index contributed by atoms with van der Waals surface area (Å²) in [7, 11) is 0. The van der Waals surface area contributed by atoms with Crippen molar-refractivity contribution < 1.29 is 14.3 Å². The fourth-order valence-electron chi connectivity index (χ4n) is 1.83. The molecule has 98 valence electrons. The summed E-state index contributed by atoms with van der Waals surface area (Å²) < 4.78 is 13.6. The van der Waals surface area contributed by atoms with E-state index in [1.54, 1.807) is 19.1 Å². The first-order chi connectivity index (χ1) is 8.97. The molecule has 0 bridgehead atoms. The smallest absolute Gasteiger partial charge is 0.256 e. The maximum Gasteiger partial charge on any atom is 0.256 e. The molecule has 0 saturated heterocycles. The minimum absolute atomic E-state index is 0.0933. The van der Waals surface area contributed by atoms with Gasteiger partial charge in [-0.2, -0.15) is 0 Å². The number of aromatic hydroxyl groups is 1. The van der Waals surface area contributed by atoms with E-state index >= 15 is 0 Å². The van der Waals surface area contributed by atoms with Gasteiger partial charge in [-0.3, -0.25) is 4.79 Å². The molecule has 2 aromatic carbocycles. The van der Waals surface area contributed by atoms with Crippen molar-refractivity contribution in [1.82, 2.24) is 0 Å². The zero-order chi connectivity index (χ0) is 14.0. The predicted octanol–water partition coefficient (Wildman–Crippen LogP) is 3.40. The van der Waals surface area contributed by atoms with Crippen molar-refractivity contribution in [3.63, 3.8) is 0 Å². The first-order valence-corrected chi connectivity index (χ1v) is 5.84. The van der Waals surface area contributed by atoms with Crippen LogP contribution in [-0.4, -0.2) is 11.0 Å². The highest BCUT2D eigenvalue weighted by atomic mass is 19.1. The molecule has 0 aromatic heterocycles. The van der Waals surface area contributed by atoms with Crippen LogP contribution in [0.25, 0.3) is 0 Å². The lowest BCUT2D eigenvalue weighted by Gasteiger charge is -2.09. The van der Waals surface area contributed by atoms with Crippen LogP contribution >= 0.6 is 0 Å². The average molecular weight is 259 g/mol. The second-order valence-electron chi connectivity index (χ2n) is 4.44. The molecule has 0 radical (unpaired) electrons. The van der Waals surface area contributed by atoms with Crippen LogP contribution in [0.4, 0.5) is 10.1 Å². The van der Waals surface area contributed by atoms with Crippen LogP contribution in [0.5, 0.6) is 5.75 Å². The van der Waals surface area contributed by atoms with Gasteiger partial charge in [0.15, 0.2) is 0 Å². The molecular formula is C15H14FNO2. The highest BCUT2D eigenvalue weighted by Gasteiger charge is 2.12. The van der Waals surface area contributed by atoms with E-state index in [2.05, 4.69) is 5.32 Å². The molecule has 2 aromatic rings. The monoisotopic (exact) mass is 259 g/mol. The van der Waals surface area contributed by atoms with Gasteiger partial charge in [0.05, 0.1) is 5.69 Å². The fraction of sp³-hybridized carbons (Fsp3) is 0.133. The molecule has 1 amide bonds. The van der Waals surface area contributed by atoms with Crippen LogP contribution in [0, 0.1) is 19.7 Å². The number of aryl methyl sites for hydroxylation is 2. The van der Waals surface area contributed by atoms with Gasteiger partial charge in [-0.25, -0.2) is 4.39 Å². The number of halogens is 1. The quantitative estimate of drug-likeness (QED) is 0.868. The minimum atomic E-state index is -0.476. The maximum absolute atomic E-state index is 13.6. The Hall–Kier alpha value is -2.36. The lowest BCUT2D eigenvalue weighted by atomic mass is 10.1. The molecule has 2 N–H and O–H groups in total. The van der Waals surface area contributed by atoms with Crippen LogP contribution < -0.4 is 5.32 Å². The Morgan fingerprint density at radius 2 is 1.89 bits per heavy atom. The van der Waals surface area contributed by atoms with E-state index in [0.29, 0.717) is 11.1 Å². The lowest BCUT2D eigenvalue weighted by Crippen LogP contribution is -2.14. The van der Waals surface area contributed by atoms with E-state index < -0.39 is 11.7 Å². The fourth-order valence-corrected chi connectivity index (χ4v) is 1.83. The highest BCUT2D eigenvalue weighted by Crippen LogP contribution is 2.19. The zero-order valence-electron chi connectivity index (χ0n) is 10.7. The first-order valence-electron chi connectivity index (χ1n) is 5.84. The molecular weight excluding hydrogens is 245 g/mol. The zero-order valence-corrected chi connectivity index (χ0v) is 10.7. The number of amides is 1. The van der Waals surface area contributed by atoms with Gasteiger partial charge >= 0.3 is 0 Å². The van der Waals surface area contributed by atoms with Crippen molar-refractivity contribution >= 4 is 11.6 Å². The summed E-state index contributed by atoms with van der Waals surface area (Å²) in [6.45, 7) is 3.53. The number of benzene rings is 2. The minimum Gasteiger partial charge on any atom is -0.508 e. The van der Waals surface area contributed by atoms with Crippen LogP contribution in [0.2, 0.25) is 0 Å². The molecule has 0 aliphatic carbocycles. The molecule has 0 spiro atoms. The Balaban J connectivity index is 2.28. The number of carbonyl (C=O) groups is 1. The first kappa shape index (κ1) is 13.1. The molecule has 0 heterocycles. The summed E-state index contributed by atoms with van der Waals surface area (Å²) >= 11 is 0. The van der Waals surface area contributed by atoms with Gasteiger partial charge in [-0.05, 0) is 55.3 Å². The van der Waals surface area contributed by atoms with Crippen LogP contribution in [-0.2, 0) is 0 Å². The number of hydrogen-bond donors (Lipinski definition) is 2. The number of nitrogens with one attached hydrogen (secondary N) is 1. The van der Waals surface area contributed by atoms with E-state index in [9.17, 15) is 14.3 Å². The number of carbonyl (C=O) groups excluding carboxylic acids is 1. The Bertz CT molecular complexity index is 638. The summed E-state index contributed by atoms with van der Waals surface area (Å²) in [5, 5.41) is 11.8. The van der Waals surface area contributed by atoms with Crippen molar-refractivity contribution in [1.29, 1.82) is 0 Å². The van der Waals surface area contributed by atoms with Gasteiger partial charge in [0.25, 0.3) is 5.91 Å². The van der Waals surface area contributed by atoms with Crippen LogP contribution in [0.3, 0.4) is 0 Å². The van der Waals surface area contributed by atoms with Gasteiger partial charge in [0.2, 0.25) is 0 Å². The van der Waals surface area contributed by atoms with E-state index in [4.69, 9.17) is 0 Å². The van der Waals surface area contributed by atoms with E-state index in [1.165, 1.54) is 24.3 Å². The van der Waals surface area contributed by atoms with Crippen molar-refractivity contribution in [2.45, 2.75) is 13.8 Å². The van der Waals surface area contributed by atoms with Crippen molar-refractivity contribution in [3.05, 3.63) is 58.9 Å². The highest BCUT2D eigenvalue weighted by molar-refractivity contribution is 6.05. The van der Waals surface area contributed by atoms with Crippen LogP contribution in [0.15, 0.2) is 36.4 Å². The van der Waals surface area contributed by atoms with E-state index in [0.717, 1.165) is 5.56 Å².